The maximum atomic E-state index is 12.7. The average molecular weight is 434 g/mol. The number of methoxy groups -OCH3 is 2. The molecule has 0 aliphatic heterocycles. The van der Waals surface area contributed by atoms with Crippen molar-refractivity contribution >= 4 is 33.5 Å². The molecule has 0 bridgehead atoms. The van der Waals surface area contributed by atoms with Crippen LogP contribution in [-0.2, 0) is 22.5 Å². The van der Waals surface area contributed by atoms with E-state index >= 15 is 0 Å². The molecule has 0 radical (unpaired) electrons. The first-order chi connectivity index (χ1) is 15.5. The van der Waals surface area contributed by atoms with Gasteiger partial charge in [0.15, 0.2) is 0 Å². The number of hydrogen-bond donors (Lipinski definition) is 1. The van der Waals surface area contributed by atoms with Crippen molar-refractivity contribution < 1.29 is 18.7 Å². The van der Waals surface area contributed by atoms with Crippen LogP contribution >= 0.6 is 0 Å². The van der Waals surface area contributed by atoms with Gasteiger partial charge >= 0.3 is 5.63 Å². The third kappa shape index (κ3) is 4.38. The lowest BCUT2D eigenvalue weighted by atomic mass is 10.0. The van der Waals surface area contributed by atoms with Crippen molar-refractivity contribution in [2.45, 2.75) is 26.3 Å². The molecule has 4 rings (SSSR count). The van der Waals surface area contributed by atoms with E-state index in [0.29, 0.717) is 30.8 Å². The third-order valence-corrected chi connectivity index (χ3v) is 5.60. The lowest BCUT2D eigenvalue weighted by Crippen LogP contribution is -2.13. The Balaban J connectivity index is 1.51. The Morgan fingerprint density at radius 2 is 1.97 bits per heavy atom. The van der Waals surface area contributed by atoms with Crippen LogP contribution in [0.1, 0.15) is 17.5 Å². The number of carbonyl (C=O) groups excluding carboxylic acids is 1. The Kier molecular flexibility index (Phi) is 6.28. The summed E-state index contributed by atoms with van der Waals surface area (Å²) in [7, 11) is 3.24. The summed E-state index contributed by atoms with van der Waals surface area (Å²) in [5, 5.41) is 4.86. The smallest absolute Gasteiger partial charge is 0.336 e. The molecule has 166 valence electrons. The average Bonchev–Trinajstić information content (AvgIpc) is 3.19. The fourth-order valence-corrected chi connectivity index (χ4v) is 3.95. The molecule has 2 heterocycles. The molecule has 2 aromatic heterocycles. The van der Waals surface area contributed by atoms with Crippen molar-refractivity contribution in [1.82, 2.24) is 4.57 Å². The van der Waals surface area contributed by atoms with E-state index in [0.717, 1.165) is 39.6 Å². The second-order valence-electron chi connectivity index (χ2n) is 7.70. The molecule has 4 aromatic rings. The van der Waals surface area contributed by atoms with Crippen LogP contribution in [0.3, 0.4) is 0 Å². The summed E-state index contributed by atoms with van der Waals surface area (Å²) in [4.78, 5) is 24.4. The van der Waals surface area contributed by atoms with Crippen LogP contribution in [0.5, 0.6) is 5.75 Å². The third-order valence-electron chi connectivity index (χ3n) is 5.60. The highest BCUT2D eigenvalue weighted by atomic mass is 16.5. The van der Waals surface area contributed by atoms with Gasteiger partial charge in [-0.15, -0.1) is 0 Å². The number of nitrogens with one attached hydrogen (secondary N) is 1. The summed E-state index contributed by atoms with van der Waals surface area (Å²) >= 11 is 0. The van der Waals surface area contributed by atoms with Crippen LogP contribution in [0.2, 0.25) is 0 Å². The van der Waals surface area contributed by atoms with Gasteiger partial charge < -0.3 is 23.8 Å². The molecule has 32 heavy (non-hydrogen) atoms. The molecule has 0 saturated heterocycles. The van der Waals surface area contributed by atoms with Crippen molar-refractivity contribution in [2.75, 3.05) is 26.1 Å². The number of anilines is 1. The molecular weight excluding hydrogens is 408 g/mol. The van der Waals surface area contributed by atoms with Crippen molar-refractivity contribution in [1.29, 1.82) is 0 Å². The second kappa shape index (κ2) is 9.28. The summed E-state index contributed by atoms with van der Waals surface area (Å²) < 4.78 is 18.0. The van der Waals surface area contributed by atoms with Gasteiger partial charge in [0, 0.05) is 49.2 Å². The summed E-state index contributed by atoms with van der Waals surface area (Å²) in [6.45, 7) is 3.23. The number of aryl methyl sites for hydroxylation is 2. The molecule has 0 spiro atoms. The molecule has 0 fully saturated rings. The van der Waals surface area contributed by atoms with Gasteiger partial charge in [0.2, 0.25) is 5.91 Å². The van der Waals surface area contributed by atoms with E-state index in [1.165, 1.54) is 6.07 Å². The van der Waals surface area contributed by atoms with Gasteiger partial charge in [-0.2, -0.15) is 0 Å². The van der Waals surface area contributed by atoms with Crippen molar-refractivity contribution in [2.24, 2.45) is 0 Å². The monoisotopic (exact) mass is 434 g/mol. The van der Waals surface area contributed by atoms with E-state index in [-0.39, 0.29) is 5.91 Å². The molecule has 0 saturated carbocycles. The Bertz CT molecular complexity index is 1340. The number of hydrogen-bond acceptors (Lipinski definition) is 5. The fraction of sp³-hybridized carbons (Fsp3) is 0.280. The van der Waals surface area contributed by atoms with E-state index < -0.39 is 5.63 Å². The standard InChI is InChI=1S/C25H26N2O5/c1-16-13-25(29)32-23-15-22(31-3)17(14-19(16)23)7-8-24(28)26-20-5-4-6-21-18(20)9-10-27(21)11-12-30-2/h4-6,9-10,13-15H,7-8,11-12H2,1-3H3,(H,26,28). The number of carbonyl (C=O) groups is 1. The minimum Gasteiger partial charge on any atom is -0.496 e. The number of fused-ring (bicyclic) bond motifs is 2. The van der Waals surface area contributed by atoms with Crippen LogP contribution in [0.25, 0.3) is 21.9 Å². The lowest BCUT2D eigenvalue weighted by Gasteiger charge is -2.12. The van der Waals surface area contributed by atoms with Crippen LogP contribution in [0.4, 0.5) is 5.69 Å². The zero-order valence-electron chi connectivity index (χ0n) is 18.4. The minimum absolute atomic E-state index is 0.0828. The molecule has 0 unspecified atom stereocenters. The number of ether oxygens (including phenoxy) is 2. The topological polar surface area (TPSA) is 82.7 Å². The van der Waals surface area contributed by atoms with Crippen molar-refractivity contribution in [3.8, 4) is 5.75 Å². The molecule has 0 aliphatic rings. The summed E-state index contributed by atoms with van der Waals surface area (Å²) in [6, 6.07) is 13.0. The number of benzene rings is 2. The first-order valence-electron chi connectivity index (χ1n) is 10.5. The van der Waals surface area contributed by atoms with Gasteiger partial charge in [-0.3, -0.25) is 4.79 Å². The van der Waals surface area contributed by atoms with E-state index in [2.05, 4.69) is 9.88 Å². The largest absolute Gasteiger partial charge is 0.496 e. The predicted octanol–water partition coefficient (Wildman–Crippen LogP) is 4.28. The number of rotatable bonds is 8. The Morgan fingerprint density at radius 1 is 1.12 bits per heavy atom. The predicted molar refractivity (Wildman–Crippen MR) is 125 cm³/mol. The first-order valence-corrected chi connectivity index (χ1v) is 10.5. The van der Waals surface area contributed by atoms with Gasteiger partial charge in [0.05, 0.1) is 24.9 Å². The SMILES string of the molecule is COCCn1ccc2c(NC(=O)CCc3cc4c(C)cc(=O)oc4cc3OC)cccc21. The fourth-order valence-electron chi connectivity index (χ4n) is 3.95. The second-order valence-corrected chi connectivity index (χ2v) is 7.70. The summed E-state index contributed by atoms with van der Waals surface area (Å²) in [6.07, 6.45) is 2.78. The molecule has 2 aromatic carbocycles. The molecule has 1 N–H and O–H groups in total. The van der Waals surface area contributed by atoms with Crippen LogP contribution in [-0.4, -0.2) is 31.3 Å². The van der Waals surface area contributed by atoms with Crippen LogP contribution in [0.15, 0.2) is 57.9 Å². The van der Waals surface area contributed by atoms with Crippen molar-refractivity contribution in [3.63, 3.8) is 0 Å². The summed E-state index contributed by atoms with van der Waals surface area (Å²) in [5.74, 6) is 0.511. The van der Waals surface area contributed by atoms with Crippen molar-refractivity contribution in [3.05, 3.63) is 70.2 Å². The molecular formula is C25H26N2O5. The molecule has 7 nitrogen and oxygen atoms in total. The molecule has 7 heteroatoms. The van der Waals surface area contributed by atoms with E-state index in [4.69, 9.17) is 13.9 Å². The lowest BCUT2D eigenvalue weighted by molar-refractivity contribution is -0.116. The minimum atomic E-state index is -0.394. The maximum absolute atomic E-state index is 12.7. The zero-order valence-corrected chi connectivity index (χ0v) is 18.4. The van der Waals surface area contributed by atoms with Crippen LogP contribution in [0, 0.1) is 6.92 Å². The van der Waals surface area contributed by atoms with Gasteiger partial charge in [0.1, 0.15) is 11.3 Å². The quantitative estimate of drug-likeness (QED) is 0.419. The number of aromatic nitrogens is 1. The van der Waals surface area contributed by atoms with E-state index in [1.807, 2.05) is 43.5 Å². The maximum Gasteiger partial charge on any atom is 0.336 e. The van der Waals surface area contributed by atoms with Crippen LogP contribution < -0.4 is 15.7 Å². The Labute approximate surface area is 185 Å². The van der Waals surface area contributed by atoms with Gasteiger partial charge in [-0.25, -0.2) is 4.79 Å². The normalized spacial score (nSPS) is 11.2. The highest BCUT2D eigenvalue weighted by Gasteiger charge is 2.13. The highest BCUT2D eigenvalue weighted by Crippen LogP contribution is 2.29. The number of amides is 1. The van der Waals surface area contributed by atoms with Gasteiger partial charge in [0.25, 0.3) is 0 Å². The number of nitrogens with zero attached hydrogens (tertiary/aromatic N) is 1. The van der Waals surface area contributed by atoms with Gasteiger partial charge in [-0.1, -0.05) is 6.07 Å². The van der Waals surface area contributed by atoms with E-state index in [1.54, 1.807) is 20.3 Å². The van der Waals surface area contributed by atoms with Gasteiger partial charge in [-0.05, 0) is 48.7 Å². The molecule has 0 aliphatic carbocycles. The zero-order chi connectivity index (χ0) is 22.7. The summed E-state index contributed by atoms with van der Waals surface area (Å²) in [5.41, 5.74) is 3.63. The first kappa shape index (κ1) is 21.6. The Morgan fingerprint density at radius 3 is 2.75 bits per heavy atom. The Hall–Kier alpha value is -3.58. The molecule has 1 amide bonds. The highest BCUT2D eigenvalue weighted by molar-refractivity contribution is 6.01. The van der Waals surface area contributed by atoms with E-state index in [9.17, 15) is 9.59 Å². The molecule has 0 atom stereocenters.